The van der Waals surface area contributed by atoms with Crippen LogP contribution in [0, 0.1) is 6.92 Å². The maximum absolute atomic E-state index is 11.6. The molecule has 0 saturated heterocycles. The van der Waals surface area contributed by atoms with Crippen LogP contribution in [0.2, 0.25) is 5.02 Å². The zero-order valence-corrected chi connectivity index (χ0v) is 11.4. The van der Waals surface area contributed by atoms with Gasteiger partial charge in [0, 0.05) is 15.6 Å². The Morgan fingerprint density at radius 3 is 2.50 bits per heavy atom. The standard InChI is InChI=1S/C13H13ClN2OS/c1-8-6-7-18-12(8)11(13(15)17)16-10-4-2-9(14)3-5-10/h2-7,11,16H,1H3,(H2,15,17). The first-order valence-electron chi connectivity index (χ1n) is 5.43. The van der Waals surface area contributed by atoms with E-state index in [0.717, 1.165) is 16.1 Å². The third-order valence-corrected chi connectivity index (χ3v) is 3.94. The van der Waals surface area contributed by atoms with E-state index in [2.05, 4.69) is 5.32 Å². The zero-order valence-electron chi connectivity index (χ0n) is 9.81. The van der Waals surface area contributed by atoms with Crippen LogP contribution in [0.3, 0.4) is 0 Å². The molecular weight excluding hydrogens is 268 g/mol. The molecule has 0 aliphatic rings. The molecular formula is C13H13ClN2OS. The van der Waals surface area contributed by atoms with Crippen LogP contribution in [-0.2, 0) is 4.79 Å². The number of nitrogens with two attached hydrogens (primary N) is 1. The van der Waals surface area contributed by atoms with Crippen molar-refractivity contribution in [2.75, 3.05) is 5.32 Å². The van der Waals surface area contributed by atoms with Crippen molar-refractivity contribution in [3.8, 4) is 0 Å². The Balaban J connectivity index is 2.25. The number of primary amides is 1. The van der Waals surface area contributed by atoms with Crippen LogP contribution in [-0.4, -0.2) is 5.91 Å². The fourth-order valence-electron chi connectivity index (χ4n) is 1.66. The zero-order chi connectivity index (χ0) is 13.1. The van der Waals surface area contributed by atoms with Crippen molar-refractivity contribution in [3.63, 3.8) is 0 Å². The van der Waals surface area contributed by atoms with Gasteiger partial charge >= 0.3 is 0 Å². The molecule has 1 aromatic heterocycles. The van der Waals surface area contributed by atoms with Crippen LogP contribution in [0.15, 0.2) is 35.7 Å². The number of hydrogen-bond acceptors (Lipinski definition) is 3. The molecule has 94 valence electrons. The summed E-state index contributed by atoms with van der Waals surface area (Å²) in [6.07, 6.45) is 0. The van der Waals surface area contributed by atoms with E-state index in [1.807, 2.05) is 30.5 Å². The summed E-state index contributed by atoms with van der Waals surface area (Å²) in [6.45, 7) is 1.96. The van der Waals surface area contributed by atoms with Gasteiger partial charge in [-0.05, 0) is 48.2 Å². The third kappa shape index (κ3) is 2.83. The fourth-order valence-corrected chi connectivity index (χ4v) is 2.77. The van der Waals surface area contributed by atoms with Crippen molar-refractivity contribution in [2.45, 2.75) is 13.0 Å². The van der Waals surface area contributed by atoms with Gasteiger partial charge in [-0.15, -0.1) is 11.3 Å². The minimum atomic E-state index is -0.508. The molecule has 3 nitrogen and oxygen atoms in total. The lowest BCUT2D eigenvalue weighted by molar-refractivity contribution is -0.118. The maximum atomic E-state index is 11.6. The third-order valence-electron chi connectivity index (χ3n) is 2.60. The monoisotopic (exact) mass is 280 g/mol. The van der Waals surface area contributed by atoms with Crippen LogP contribution in [0.25, 0.3) is 0 Å². The van der Waals surface area contributed by atoms with Gasteiger partial charge in [0.25, 0.3) is 0 Å². The molecule has 5 heteroatoms. The number of thiophene rings is 1. The van der Waals surface area contributed by atoms with E-state index < -0.39 is 11.9 Å². The number of nitrogens with one attached hydrogen (secondary N) is 1. The average molecular weight is 281 g/mol. The molecule has 18 heavy (non-hydrogen) atoms. The maximum Gasteiger partial charge on any atom is 0.245 e. The second kappa shape index (κ2) is 5.42. The number of carbonyl (C=O) groups is 1. The van der Waals surface area contributed by atoms with Gasteiger partial charge in [-0.3, -0.25) is 4.79 Å². The fraction of sp³-hybridized carbons (Fsp3) is 0.154. The highest BCUT2D eigenvalue weighted by molar-refractivity contribution is 7.10. The number of halogens is 1. The smallest absolute Gasteiger partial charge is 0.245 e. The van der Waals surface area contributed by atoms with Crippen LogP contribution < -0.4 is 11.1 Å². The lowest BCUT2D eigenvalue weighted by atomic mass is 10.1. The summed E-state index contributed by atoms with van der Waals surface area (Å²) in [5.74, 6) is -0.393. The summed E-state index contributed by atoms with van der Waals surface area (Å²) >= 11 is 7.34. The first-order valence-corrected chi connectivity index (χ1v) is 6.69. The van der Waals surface area contributed by atoms with Crippen molar-refractivity contribution in [1.82, 2.24) is 0 Å². The molecule has 2 rings (SSSR count). The van der Waals surface area contributed by atoms with E-state index in [4.69, 9.17) is 17.3 Å². The van der Waals surface area contributed by atoms with Crippen molar-refractivity contribution in [1.29, 1.82) is 0 Å². The van der Waals surface area contributed by atoms with Gasteiger partial charge in [0.1, 0.15) is 6.04 Å². The Labute approximate surface area is 115 Å². The average Bonchev–Trinajstić information content (AvgIpc) is 2.74. The minimum absolute atomic E-state index is 0.393. The van der Waals surface area contributed by atoms with E-state index in [0.29, 0.717) is 5.02 Å². The molecule has 0 saturated carbocycles. The lowest BCUT2D eigenvalue weighted by Crippen LogP contribution is -2.27. The largest absolute Gasteiger partial charge is 0.369 e. The molecule has 1 unspecified atom stereocenters. The van der Waals surface area contributed by atoms with Gasteiger partial charge in [-0.25, -0.2) is 0 Å². The summed E-state index contributed by atoms with van der Waals surface area (Å²) < 4.78 is 0. The number of carbonyl (C=O) groups excluding carboxylic acids is 1. The van der Waals surface area contributed by atoms with Gasteiger partial charge in [0.15, 0.2) is 0 Å². The Bertz CT molecular complexity index is 550. The normalized spacial score (nSPS) is 12.1. The summed E-state index contributed by atoms with van der Waals surface area (Å²) in [6, 6.07) is 8.64. The Hall–Kier alpha value is -1.52. The molecule has 0 aliphatic heterocycles. The highest BCUT2D eigenvalue weighted by Gasteiger charge is 2.20. The Kier molecular flexibility index (Phi) is 3.89. The summed E-state index contributed by atoms with van der Waals surface area (Å²) in [5, 5.41) is 5.73. The van der Waals surface area contributed by atoms with E-state index in [9.17, 15) is 4.79 Å². The Morgan fingerprint density at radius 2 is 2.00 bits per heavy atom. The molecule has 1 heterocycles. The summed E-state index contributed by atoms with van der Waals surface area (Å²) in [7, 11) is 0. The minimum Gasteiger partial charge on any atom is -0.369 e. The highest BCUT2D eigenvalue weighted by Crippen LogP contribution is 2.27. The quantitative estimate of drug-likeness (QED) is 0.902. The van der Waals surface area contributed by atoms with Gasteiger partial charge in [-0.1, -0.05) is 11.6 Å². The molecule has 1 amide bonds. The molecule has 0 fully saturated rings. The molecule has 0 bridgehead atoms. The van der Waals surface area contributed by atoms with Crippen molar-refractivity contribution in [2.24, 2.45) is 5.73 Å². The number of rotatable bonds is 4. The summed E-state index contributed by atoms with van der Waals surface area (Å²) in [4.78, 5) is 12.5. The number of aryl methyl sites for hydroxylation is 1. The molecule has 0 spiro atoms. The van der Waals surface area contributed by atoms with E-state index >= 15 is 0 Å². The SMILES string of the molecule is Cc1ccsc1C(Nc1ccc(Cl)cc1)C(N)=O. The second-order valence-electron chi connectivity index (χ2n) is 3.95. The number of benzene rings is 1. The highest BCUT2D eigenvalue weighted by atomic mass is 35.5. The molecule has 0 radical (unpaired) electrons. The predicted octanol–water partition coefficient (Wildman–Crippen LogP) is 3.35. The number of amides is 1. The van der Waals surface area contributed by atoms with Crippen LogP contribution in [0.1, 0.15) is 16.5 Å². The first-order chi connectivity index (χ1) is 8.58. The first kappa shape index (κ1) is 12.9. The molecule has 1 atom stereocenters. The lowest BCUT2D eigenvalue weighted by Gasteiger charge is -2.16. The van der Waals surface area contributed by atoms with Crippen molar-refractivity contribution >= 4 is 34.5 Å². The molecule has 2 aromatic rings. The van der Waals surface area contributed by atoms with Gasteiger partial charge in [0.2, 0.25) is 5.91 Å². The molecule has 3 N–H and O–H groups in total. The number of hydrogen-bond donors (Lipinski definition) is 2. The van der Waals surface area contributed by atoms with Crippen LogP contribution in [0.5, 0.6) is 0 Å². The van der Waals surface area contributed by atoms with Gasteiger partial charge in [0.05, 0.1) is 0 Å². The predicted molar refractivity (Wildman–Crippen MR) is 76.1 cm³/mol. The second-order valence-corrected chi connectivity index (χ2v) is 5.34. The van der Waals surface area contributed by atoms with E-state index in [1.165, 1.54) is 11.3 Å². The Morgan fingerprint density at radius 1 is 1.33 bits per heavy atom. The number of anilines is 1. The van der Waals surface area contributed by atoms with E-state index in [1.54, 1.807) is 12.1 Å². The van der Waals surface area contributed by atoms with Gasteiger partial charge < -0.3 is 11.1 Å². The molecule has 1 aromatic carbocycles. The van der Waals surface area contributed by atoms with Gasteiger partial charge in [-0.2, -0.15) is 0 Å². The topological polar surface area (TPSA) is 55.1 Å². The van der Waals surface area contributed by atoms with Crippen molar-refractivity contribution < 1.29 is 4.79 Å². The van der Waals surface area contributed by atoms with E-state index in [-0.39, 0.29) is 0 Å². The van der Waals surface area contributed by atoms with Crippen LogP contribution in [0.4, 0.5) is 5.69 Å². The van der Waals surface area contributed by atoms with Crippen LogP contribution >= 0.6 is 22.9 Å². The molecule has 0 aliphatic carbocycles. The van der Waals surface area contributed by atoms with Crippen molar-refractivity contribution in [3.05, 3.63) is 51.2 Å². The summed E-state index contributed by atoms with van der Waals surface area (Å²) in [5.41, 5.74) is 7.33.